The number of benzene rings is 1. The number of likely N-dealkylation sites (tertiary alicyclic amines) is 1. The van der Waals surface area contributed by atoms with Crippen LogP contribution in [-0.4, -0.2) is 42.4 Å². The van der Waals surface area contributed by atoms with Crippen molar-refractivity contribution in [1.82, 2.24) is 15.5 Å². The number of carbonyl (C=O) groups excluding carboxylic acids is 2. The van der Waals surface area contributed by atoms with E-state index in [1.807, 2.05) is 26.0 Å². The van der Waals surface area contributed by atoms with Gasteiger partial charge in [0.25, 0.3) is 0 Å². The Morgan fingerprint density at radius 2 is 1.66 bits per heavy atom. The van der Waals surface area contributed by atoms with Gasteiger partial charge in [-0.25, -0.2) is 0 Å². The van der Waals surface area contributed by atoms with Crippen molar-refractivity contribution in [2.24, 2.45) is 11.7 Å². The van der Waals surface area contributed by atoms with Crippen LogP contribution in [0.25, 0.3) is 0 Å². The molecule has 1 saturated heterocycles. The van der Waals surface area contributed by atoms with E-state index in [-0.39, 0.29) is 49.1 Å². The second-order valence-electron chi connectivity index (χ2n) is 7.77. The van der Waals surface area contributed by atoms with Gasteiger partial charge in [0.15, 0.2) is 0 Å². The summed E-state index contributed by atoms with van der Waals surface area (Å²) >= 11 is 0. The van der Waals surface area contributed by atoms with Crippen molar-refractivity contribution in [2.75, 3.05) is 19.6 Å². The largest absolute Gasteiger partial charge is 0.350 e. The minimum Gasteiger partial charge on any atom is -0.350 e. The first-order valence-corrected chi connectivity index (χ1v) is 10.1. The highest BCUT2D eigenvalue weighted by Gasteiger charge is 2.17. The summed E-state index contributed by atoms with van der Waals surface area (Å²) in [6, 6.07) is 7.76. The zero-order valence-corrected chi connectivity index (χ0v) is 19.1. The molecule has 0 aromatic heterocycles. The lowest BCUT2D eigenvalue weighted by molar-refractivity contribution is -0.127. The van der Waals surface area contributed by atoms with Crippen LogP contribution in [0.3, 0.4) is 0 Å². The molecule has 0 saturated carbocycles. The molecule has 1 aliphatic rings. The Kier molecular flexibility index (Phi) is 13.9. The molecule has 2 rings (SSSR count). The Bertz CT molecular complexity index is 620. The molecule has 1 aromatic carbocycles. The lowest BCUT2D eigenvalue weighted by atomic mass is 10.1. The summed E-state index contributed by atoms with van der Waals surface area (Å²) in [5, 5.41) is 5.44. The highest BCUT2D eigenvalue weighted by Crippen LogP contribution is 2.14. The standard InChI is InChI=1S/C21H34N4O2.2ClH/c1-16(2)20(22)21(27)24-14-19(26)23-13-17-8-7-9-18(12-17)15-25-10-5-3-4-6-11-25;;/h7-9,12,16,20H,3-6,10-11,13-15,22H2,1-2H3,(H,23,26)(H,24,27);2*1H/t20-;;/m0../s1. The van der Waals surface area contributed by atoms with E-state index in [9.17, 15) is 9.59 Å². The SMILES string of the molecule is CC(C)[C@H](N)C(=O)NCC(=O)NCc1cccc(CN2CCCCCC2)c1.Cl.Cl. The van der Waals surface area contributed by atoms with E-state index in [1.54, 1.807) is 0 Å². The summed E-state index contributed by atoms with van der Waals surface area (Å²) in [4.78, 5) is 26.3. The minimum absolute atomic E-state index is 0. The average molecular weight is 447 g/mol. The highest BCUT2D eigenvalue weighted by atomic mass is 35.5. The van der Waals surface area contributed by atoms with Gasteiger partial charge in [-0.2, -0.15) is 0 Å². The van der Waals surface area contributed by atoms with Crippen molar-refractivity contribution in [3.63, 3.8) is 0 Å². The van der Waals surface area contributed by atoms with Crippen LogP contribution >= 0.6 is 24.8 Å². The lowest BCUT2D eigenvalue weighted by Crippen LogP contribution is -2.47. The number of carbonyl (C=O) groups is 2. The monoisotopic (exact) mass is 446 g/mol. The summed E-state index contributed by atoms with van der Waals surface area (Å²) in [6.07, 6.45) is 5.23. The van der Waals surface area contributed by atoms with Gasteiger partial charge < -0.3 is 16.4 Å². The third-order valence-corrected chi connectivity index (χ3v) is 5.03. The predicted molar refractivity (Wildman–Crippen MR) is 122 cm³/mol. The van der Waals surface area contributed by atoms with Gasteiger partial charge in [0.2, 0.25) is 11.8 Å². The van der Waals surface area contributed by atoms with E-state index in [0.29, 0.717) is 6.54 Å². The number of amides is 2. The second-order valence-corrected chi connectivity index (χ2v) is 7.77. The molecule has 6 nitrogen and oxygen atoms in total. The molecule has 166 valence electrons. The summed E-state index contributed by atoms with van der Waals surface area (Å²) in [5.41, 5.74) is 8.11. The lowest BCUT2D eigenvalue weighted by Gasteiger charge is -2.20. The first kappa shape index (κ1) is 27.7. The molecule has 1 fully saturated rings. The fraction of sp³-hybridized carbons (Fsp3) is 0.619. The Hall–Kier alpha value is -1.34. The van der Waals surface area contributed by atoms with Gasteiger partial charge in [-0.1, -0.05) is 51.0 Å². The van der Waals surface area contributed by atoms with Crippen LogP contribution in [0.4, 0.5) is 0 Å². The van der Waals surface area contributed by atoms with E-state index in [0.717, 1.165) is 12.1 Å². The molecule has 1 aromatic rings. The van der Waals surface area contributed by atoms with E-state index in [4.69, 9.17) is 5.73 Å². The molecule has 0 bridgehead atoms. The first-order valence-electron chi connectivity index (χ1n) is 10.1. The smallest absolute Gasteiger partial charge is 0.239 e. The fourth-order valence-electron chi connectivity index (χ4n) is 3.24. The highest BCUT2D eigenvalue weighted by molar-refractivity contribution is 5.87. The molecule has 1 atom stereocenters. The Labute approximate surface area is 187 Å². The average Bonchev–Trinajstić information content (AvgIpc) is 2.92. The second kappa shape index (κ2) is 14.6. The van der Waals surface area contributed by atoms with Crippen molar-refractivity contribution in [3.05, 3.63) is 35.4 Å². The van der Waals surface area contributed by atoms with E-state index in [2.05, 4.69) is 27.7 Å². The van der Waals surface area contributed by atoms with Crippen LogP contribution in [-0.2, 0) is 22.7 Å². The maximum atomic E-state index is 12.0. The Morgan fingerprint density at radius 1 is 1.03 bits per heavy atom. The van der Waals surface area contributed by atoms with Gasteiger partial charge in [-0.3, -0.25) is 14.5 Å². The maximum Gasteiger partial charge on any atom is 0.239 e. The van der Waals surface area contributed by atoms with Crippen LogP contribution in [0, 0.1) is 5.92 Å². The van der Waals surface area contributed by atoms with Crippen molar-refractivity contribution in [1.29, 1.82) is 0 Å². The third-order valence-electron chi connectivity index (χ3n) is 5.03. The van der Waals surface area contributed by atoms with Crippen LogP contribution < -0.4 is 16.4 Å². The van der Waals surface area contributed by atoms with Crippen molar-refractivity contribution in [3.8, 4) is 0 Å². The molecule has 29 heavy (non-hydrogen) atoms. The first-order chi connectivity index (χ1) is 13.0. The fourth-order valence-corrected chi connectivity index (χ4v) is 3.24. The molecule has 4 N–H and O–H groups in total. The van der Waals surface area contributed by atoms with Crippen LogP contribution in [0.5, 0.6) is 0 Å². The number of nitrogens with zero attached hydrogens (tertiary/aromatic N) is 1. The van der Waals surface area contributed by atoms with Crippen LogP contribution in [0.2, 0.25) is 0 Å². The van der Waals surface area contributed by atoms with Crippen LogP contribution in [0.1, 0.15) is 50.7 Å². The number of nitrogens with one attached hydrogen (secondary N) is 2. The van der Waals surface area contributed by atoms with Gasteiger partial charge in [-0.05, 0) is 43.0 Å². The Morgan fingerprint density at radius 3 is 2.28 bits per heavy atom. The molecule has 0 spiro atoms. The van der Waals surface area contributed by atoms with Gasteiger partial charge in [0, 0.05) is 13.1 Å². The number of halogens is 2. The van der Waals surface area contributed by atoms with E-state index < -0.39 is 6.04 Å². The van der Waals surface area contributed by atoms with Crippen molar-refractivity contribution in [2.45, 2.75) is 58.7 Å². The van der Waals surface area contributed by atoms with Crippen molar-refractivity contribution >= 4 is 36.6 Å². The molecule has 8 heteroatoms. The maximum absolute atomic E-state index is 12.0. The zero-order chi connectivity index (χ0) is 19.6. The summed E-state index contributed by atoms with van der Waals surface area (Å²) < 4.78 is 0. The summed E-state index contributed by atoms with van der Waals surface area (Å²) in [7, 11) is 0. The van der Waals surface area contributed by atoms with Crippen molar-refractivity contribution < 1.29 is 9.59 Å². The molecule has 1 heterocycles. The van der Waals surface area contributed by atoms with Gasteiger partial charge in [-0.15, -0.1) is 24.8 Å². The number of rotatable bonds is 8. The molecular formula is C21H36Cl2N4O2. The van der Waals surface area contributed by atoms with Gasteiger partial charge >= 0.3 is 0 Å². The quantitative estimate of drug-likeness (QED) is 0.572. The normalized spacial score (nSPS) is 15.4. The topological polar surface area (TPSA) is 87.5 Å². The molecule has 1 aliphatic heterocycles. The molecule has 0 aliphatic carbocycles. The summed E-state index contributed by atoms with van der Waals surface area (Å²) in [6.45, 7) is 7.46. The molecular weight excluding hydrogens is 411 g/mol. The van der Waals surface area contributed by atoms with Gasteiger partial charge in [0.1, 0.15) is 0 Å². The number of nitrogens with two attached hydrogens (primary N) is 1. The summed E-state index contributed by atoms with van der Waals surface area (Å²) in [5.74, 6) is -0.461. The third kappa shape index (κ3) is 10.3. The predicted octanol–water partition coefficient (Wildman–Crippen LogP) is 2.62. The van der Waals surface area contributed by atoms with E-state index in [1.165, 1.54) is 44.3 Å². The number of hydrogen-bond acceptors (Lipinski definition) is 4. The van der Waals surface area contributed by atoms with Gasteiger partial charge in [0.05, 0.1) is 12.6 Å². The number of hydrogen-bond donors (Lipinski definition) is 3. The van der Waals surface area contributed by atoms with E-state index >= 15 is 0 Å². The minimum atomic E-state index is -0.589. The molecule has 2 amide bonds. The molecule has 0 unspecified atom stereocenters. The zero-order valence-electron chi connectivity index (χ0n) is 17.5. The molecule has 0 radical (unpaired) electrons. The van der Waals surface area contributed by atoms with Crippen LogP contribution in [0.15, 0.2) is 24.3 Å². The Balaban J connectivity index is 0.00000392.